The van der Waals surface area contributed by atoms with Crippen molar-refractivity contribution in [3.8, 4) is 0 Å². The predicted octanol–water partition coefficient (Wildman–Crippen LogP) is 4.38. The number of nitrogens with one attached hydrogen (secondary N) is 1. The maximum atomic E-state index is 14.3. The van der Waals surface area contributed by atoms with Gasteiger partial charge >= 0.3 is 0 Å². The molecule has 2 nitrogen and oxygen atoms in total. The molecule has 1 aliphatic carbocycles. The highest BCUT2D eigenvalue weighted by Crippen LogP contribution is 2.64. The molecular weight excluding hydrogens is 320 g/mol. The van der Waals surface area contributed by atoms with Crippen molar-refractivity contribution in [3.05, 3.63) is 71.3 Å². The van der Waals surface area contributed by atoms with E-state index in [4.69, 9.17) is 0 Å². The van der Waals surface area contributed by atoms with Gasteiger partial charge in [-0.15, -0.1) is 0 Å². The molecule has 2 aromatic rings. The number of hydrogen-bond donors (Lipinski definition) is 1. The van der Waals surface area contributed by atoms with Crippen LogP contribution in [0.25, 0.3) is 0 Å². The van der Waals surface area contributed by atoms with Crippen LogP contribution in [0.2, 0.25) is 0 Å². The topological polar surface area (TPSA) is 29.1 Å². The van der Waals surface area contributed by atoms with E-state index in [9.17, 15) is 13.6 Å². The molecule has 0 aliphatic heterocycles. The van der Waals surface area contributed by atoms with Crippen molar-refractivity contribution in [3.63, 3.8) is 0 Å². The molecular formula is C21H23F2NO. The third kappa shape index (κ3) is 3.58. The molecule has 0 bridgehead atoms. The zero-order valence-corrected chi connectivity index (χ0v) is 14.6. The van der Waals surface area contributed by atoms with E-state index in [1.807, 2.05) is 44.2 Å². The highest BCUT2D eigenvalue weighted by Gasteiger charge is 2.62. The van der Waals surface area contributed by atoms with Gasteiger partial charge in [0.05, 0.1) is 0 Å². The molecule has 2 aromatic carbocycles. The second kappa shape index (κ2) is 6.58. The highest BCUT2D eigenvalue weighted by atomic mass is 19.1. The third-order valence-electron chi connectivity index (χ3n) is 5.43. The minimum Gasteiger partial charge on any atom is -0.355 e. The number of amides is 1. The Morgan fingerprint density at radius 3 is 2.40 bits per heavy atom. The monoisotopic (exact) mass is 343 g/mol. The zero-order valence-electron chi connectivity index (χ0n) is 14.6. The van der Waals surface area contributed by atoms with Gasteiger partial charge in [-0.1, -0.05) is 50.2 Å². The number of carbonyl (C=O) groups is 1. The summed E-state index contributed by atoms with van der Waals surface area (Å²) in [5, 5.41) is 2.95. The van der Waals surface area contributed by atoms with Gasteiger partial charge < -0.3 is 5.32 Å². The standard InChI is InChI=1S/C21H23F2NO/c1-20(2)13-21(20,17-10-9-16(22)12-18(17)23)14-24-19(25)11-8-15-6-4-3-5-7-15/h3-7,9-10,12H,8,11,13-14H2,1-2H3,(H,24,25). The highest BCUT2D eigenvalue weighted by molar-refractivity contribution is 5.76. The Morgan fingerprint density at radius 2 is 1.80 bits per heavy atom. The van der Waals surface area contributed by atoms with E-state index in [2.05, 4.69) is 5.32 Å². The molecule has 1 N–H and O–H groups in total. The molecule has 4 heteroatoms. The first-order valence-electron chi connectivity index (χ1n) is 8.60. The number of aryl methyl sites for hydroxylation is 1. The van der Waals surface area contributed by atoms with E-state index in [1.54, 1.807) is 0 Å². The minimum absolute atomic E-state index is 0.0477. The van der Waals surface area contributed by atoms with Crippen molar-refractivity contribution in [2.45, 2.75) is 38.5 Å². The number of benzene rings is 2. The Morgan fingerprint density at radius 1 is 1.12 bits per heavy atom. The summed E-state index contributed by atoms with van der Waals surface area (Å²) >= 11 is 0. The van der Waals surface area contributed by atoms with Crippen LogP contribution in [0.15, 0.2) is 48.5 Å². The SMILES string of the molecule is CC1(C)CC1(CNC(=O)CCc1ccccc1)c1ccc(F)cc1F. The Balaban J connectivity index is 1.64. The quantitative estimate of drug-likeness (QED) is 0.828. The van der Waals surface area contributed by atoms with E-state index in [0.717, 1.165) is 18.1 Å². The van der Waals surface area contributed by atoms with Crippen LogP contribution in [0.4, 0.5) is 8.78 Å². The maximum absolute atomic E-state index is 14.3. The third-order valence-corrected chi connectivity index (χ3v) is 5.43. The van der Waals surface area contributed by atoms with Crippen molar-refractivity contribution in [2.75, 3.05) is 6.54 Å². The number of hydrogen-bond acceptors (Lipinski definition) is 1. The van der Waals surface area contributed by atoms with Crippen LogP contribution in [0.5, 0.6) is 0 Å². The summed E-state index contributed by atoms with van der Waals surface area (Å²) < 4.78 is 27.5. The fourth-order valence-electron chi connectivity index (χ4n) is 3.69. The Labute approximate surface area is 147 Å². The largest absolute Gasteiger partial charge is 0.355 e. The normalized spacial score (nSPS) is 21.0. The first-order chi connectivity index (χ1) is 11.8. The number of rotatable bonds is 6. The van der Waals surface area contributed by atoms with E-state index in [0.29, 0.717) is 24.9 Å². The van der Waals surface area contributed by atoms with E-state index >= 15 is 0 Å². The lowest BCUT2D eigenvalue weighted by Crippen LogP contribution is -2.35. The average Bonchev–Trinajstić information content (AvgIpc) is 3.14. The molecule has 0 aromatic heterocycles. The molecule has 1 aliphatic rings. The Kier molecular flexibility index (Phi) is 4.63. The van der Waals surface area contributed by atoms with Gasteiger partial charge in [-0.2, -0.15) is 0 Å². The second-order valence-corrected chi connectivity index (χ2v) is 7.53. The molecule has 3 rings (SSSR count). The van der Waals surface area contributed by atoms with Gasteiger partial charge in [0.15, 0.2) is 0 Å². The van der Waals surface area contributed by atoms with Crippen LogP contribution in [-0.2, 0) is 16.6 Å². The summed E-state index contributed by atoms with van der Waals surface area (Å²) in [4.78, 5) is 12.2. The summed E-state index contributed by atoms with van der Waals surface area (Å²) in [6.07, 6.45) is 1.84. The lowest BCUT2D eigenvalue weighted by Gasteiger charge is -2.22. The summed E-state index contributed by atoms with van der Waals surface area (Å²) in [7, 11) is 0. The lowest BCUT2D eigenvalue weighted by molar-refractivity contribution is -0.121. The van der Waals surface area contributed by atoms with Gasteiger partial charge in [0.25, 0.3) is 0 Å². The Bertz CT molecular complexity index is 773. The van der Waals surface area contributed by atoms with Crippen molar-refractivity contribution < 1.29 is 13.6 Å². The summed E-state index contributed by atoms with van der Waals surface area (Å²) in [6, 6.07) is 13.5. The molecule has 1 saturated carbocycles. The molecule has 0 heterocycles. The van der Waals surface area contributed by atoms with E-state index < -0.39 is 17.0 Å². The minimum atomic E-state index is -0.582. The molecule has 0 radical (unpaired) electrons. The summed E-state index contributed by atoms with van der Waals surface area (Å²) in [5.41, 5.74) is 1.01. The van der Waals surface area contributed by atoms with Gasteiger partial charge in [-0.3, -0.25) is 4.79 Å². The zero-order chi connectivity index (χ0) is 18.1. The van der Waals surface area contributed by atoms with Gasteiger partial charge in [0.2, 0.25) is 5.91 Å². The van der Waals surface area contributed by atoms with Crippen molar-refractivity contribution >= 4 is 5.91 Å². The molecule has 1 atom stereocenters. The van der Waals surface area contributed by atoms with Gasteiger partial charge in [-0.05, 0) is 35.4 Å². The maximum Gasteiger partial charge on any atom is 0.220 e. The van der Waals surface area contributed by atoms with Crippen LogP contribution in [0.1, 0.15) is 37.8 Å². The van der Waals surface area contributed by atoms with Crippen molar-refractivity contribution in [1.29, 1.82) is 0 Å². The molecule has 1 fully saturated rings. The molecule has 1 amide bonds. The van der Waals surface area contributed by atoms with Crippen LogP contribution >= 0.6 is 0 Å². The van der Waals surface area contributed by atoms with E-state index in [-0.39, 0.29) is 11.3 Å². The first kappa shape index (κ1) is 17.6. The van der Waals surface area contributed by atoms with Crippen molar-refractivity contribution in [1.82, 2.24) is 5.32 Å². The molecule has 0 saturated heterocycles. The Hall–Kier alpha value is -2.23. The van der Waals surface area contributed by atoms with Gasteiger partial charge in [-0.25, -0.2) is 8.78 Å². The smallest absolute Gasteiger partial charge is 0.220 e. The predicted molar refractivity (Wildman–Crippen MR) is 94.2 cm³/mol. The first-order valence-corrected chi connectivity index (χ1v) is 8.60. The van der Waals surface area contributed by atoms with Gasteiger partial charge in [0.1, 0.15) is 11.6 Å². The second-order valence-electron chi connectivity index (χ2n) is 7.53. The van der Waals surface area contributed by atoms with Crippen LogP contribution in [0, 0.1) is 17.0 Å². The van der Waals surface area contributed by atoms with Gasteiger partial charge in [0, 0.05) is 24.4 Å². The summed E-state index contributed by atoms with van der Waals surface area (Å²) in [5.74, 6) is -1.17. The summed E-state index contributed by atoms with van der Waals surface area (Å²) in [6.45, 7) is 4.47. The van der Waals surface area contributed by atoms with Crippen LogP contribution in [-0.4, -0.2) is 12.5 Å². The molecule has 132 valence electrons. The molecule has 1 unspecified atom stereocenters. The van der Waals surface area contributed by atoms with E-state index in [1.165, 1.54) is 12.1 Å². The average molecular weight is 343 g/mol. The number of carbonyl (C=O) groups excluding carboxylic acids is 1. The number of halogens is 2. The van der Waals surface area contributed by atoms with Crippen LogP contribution in [0.3, 0.4) is 0 Å². The molecule has 0 spiro atoms. The van der Waals surface area contributed by atoms with Crippen molar-refractivity contribution in [2.24, 2.45) is 5.41 Å². The fraction of sp³-hybridized carbons (Fsp3) is 0.381. The fourth-order valence-corrected chi connectivity index (χ4v) is 3.69. The van der Waals surface area contributed by atoms with Crippen LogP contribution < -0.4 is 5.32 Å². The lowest BCUT2D eigenvalue weighted by atomic mass is 9.87. The molecule has 25 heavy (non-hydrogen) atoms.